The molecule has 0 saturated carbocycles. The summed E-state index contributed by atoms with van der Waals surface area (Å²) in [4.78, 5) is 9.69. The molecule has 0 aliphatic rings. The predicted octanol–water partition coefficient (Wildman–Crippen LogP) is 0.574. The van der Waals surface area contributed by atoms with Gasteiger partial charge in [0.2, 0.25) is 0 Å². The molecule has 0 N–H and O–H groups in total. The molecule has 0 bridgehead atoms. The van der Waals surface area contributed by atoms with Crippen molar-refractivity contribution in [3.63, 3.8) is 0 Å². The summed E-state index contributed by atoms with van der Waals surface area (Å²) < 4.78 is 9.66. The molecule has 0 aromatic rings. The first-order chi connectivity index (χ1) is 5.06. The van der Waals surface area contributed by atoms with Crippen molar-refractivity contribution in [1.29, 1.82) is 0 Å². The molecule has 0 radical (unpaired) electrons. The van der Waals surface area contributed by atoms with Gasteiger partial charge < -0.3 is 9.47 Å². The van der Waals surface area contributed by atoms with Crippen LogP contribution in [0.5, 0.6) is 0 Å². The van der Waals surface area contributed by atoms with Crippen molar-refractivity contribution >= 4 is 36.0 Å². The number of carbonyl (C=O) groups excluding carboxylic acids is 1. The van der Waals surface area contributed by atoms with Crippen LogP contribution in [0, 0.1) is 5.41 Å². The summed E-state index contributed by atoms with van der Waals surface area (Å²) >= 11 is 0. The Morgan fingerprint density at radius 1 is 1.25 bits per heavy atom. The van der Waals surface area contributed by atoms with Crippen molar-refractivity contribution in [2.45, 2.75) is 20.8 Å². The van der Waals surface area contributed by atoms with E-state index in [1.165, 1.54) is 0 Å². The Hall–Kier alpha value is 0.430. The van der Waals surface area contributed by atoms with Crippen LogP contribution in [0.25, 0.3) is 0 Å². The molecule has 0 aromatic carbocycles. The Labute approximate surface area is 96.1 Å². The second kappa shape index (κ2) is 8.05. The number of rotatable bonds is 5. The maximum absolute atomic E-state index is 9.69. The van der Waals surface area contributed by atoms with Crippen molar-refractivity contribution in [3.8, 4) is 0 Å². The molecule has 0 saturated heterocycles. The van der Waals surface area contributed by atoms with Crippen LogP contribution in [0.2, 0.25) is 0 Å². The van der Waals surface area contributed by atoms with Gasteiger partial charge in [0.1, 0.15) is 6.61 Å². The van der Waals surface area contributed by atoms with Gasteiger partial charge in [-0.05, 0) is 5.41 Å². The van der Waals surface area contributed by atoms with Gasteiger partial charge >= 0.3 is 29.6 Å². The maximum atomic E-state index is 9.69. The van der Waals surface area contributed by atoms with Crippen molar-refractivity contribution in [1.82, 2.24) is 0 Å². The van der Waals surface area contributed by atoms with E-state index in [1.807, 2.05) is 0 Å². The second-order valence-corrected chi connectivity index (χ2v) is 3.58. The molecule has 0 amide bonds. The molecule has 3 nitrogen and oxygen atoms in total. The van der Waals surface area contributed by atoms with Gasteiger partial charge in [-0.1, -0.05) is 20.8 Å². The molecule has 0 rings (SSSR count). The number of ether oxygens (including phenoxy) is 2. The zero-order valence-corrected chi connectivity index (χ0v) is 7.42. The first-order valence-electron chi connectivity index (χ1n) is 3.69. The molecule has 0 heterocycles. The summed E-state index contributed by atoms with van der Waals surface area (Å²) in [5.74, 6) is 0. The summed E-state index contributed by atoms with van der Waals surface area (Å²) in [6.07, 6.45) is 0. The standard InChI is InChI=1S/C8H16O3.Na.H/c1-8(2,3)6-10-4-5-11-7-9;;/h7H,4-6H2,1-3H3;;. The van der Waals surface area contributed by atoms with Crippen LogP contribution < -0.4 is 0 Å². The minimum absolute atomic E-state index is 0. The van der Waals surface area contributed by atoms with Crippen LogP contribution in [-0.2, 0) is 14.3 Å². The SMILES string of the molecule is CC(C)(C)COCCOC=O.[NaH]. The van der Waals surface area contributed by atoms with E-state index in [-0.39, 0.29) is 35.0 Å². The van der Waals surface area contributed by atoms with E-state index >= 15 is 0 Å². The van der Waals surface area contributed by atoms with Crippen LogP contribution in [0.15, 0.2) is 0 Å². The van der Waals surface area contributed by atoms with E-state index in [1.54, 1.807) is 0 Å². The van der Waals surface area contributed by atoms with Crippen molar-refractivity contribution in [2.75, 3.05) is 19.8 Å². The topological polar surface area (TPSA) is 35.5 Å². The van der Waals surface area contributed by atoms with E-state index in [2.05, 4.69) is 25.5 Å². The van der Waals surface area contributed by atoms with Crippen LogP contribution in [0.1, 0.15) is 20.8 Å². The van der Waals surface area contributed by atoms with Gasteiger partial charge in [-0.3, -0.25) is 4.79 Å². The molecule has 0 aliphatic heterocycles. The first-order valence-corrected chi connectivity index (χ1v) is 3.69. The Bertz CT molecular complexity index is 109. The molecule has 4 heteroatoms. The van der Waals surface area contributed by atoms with Crippen LogP contribution in [0.3, 0.4) is 0 Å². The van der Waals surface area contributed by atoms with Crippen LogP contribution in [0.4, 0.5) is 0 Å². The van der Waals surface area contributed by atoms with Crippen LogP contribution in [-0.4, -0.2) is 55.9 Å². The van der Waals surface area contributed by atoms with E-state index < -0.39 is 0 Å². The van der Waals surface area contributed by atoms with E-state index in [0.717, 1.165) is 0 Å². The fraction of sp³-hybridized carbons (Fsp3) is 0.875. The predicted molar refractivity (Wildman–Crippen MR) is 49.4 cm³/mol. The van der Waals surface area contributed by atoms with Crippen LogP contribution >= 0.6 is 0 Å². The Morgan fingerprint density at radius 3 is 2.25 bits per heavy atom. The minimum atomic E-state index is 0. The number of carbonyl (C=O) groups is 1. The van der Waals surface area contributed by atoms with Gasteiger partial charge in [0.15, 0.2) is 0 Å². The fourth-order valence-electron chi connectivity index (χ4n) is 0.534. The van der Waals surface area contributed by atoms with Crippen molar-refractivity contribution in [3.05, 3.63) is 0 Å². The Morgan fingerprint density at radius 2 is 1.83 bits per heavy atom. The summed E-state index contributed by atoms with van der Waals surface area (Å²) in [7, 11) is 0. The third-order valence-corrected chi connectivity index (χ3v) is 0.949. The zero-order chi connectivity index (χ0) is 8.74. The third-order valence-electron chi connectivity index (χ3n) is 0.949. The molecular formula is C8H17NaO3. The Kier molecular flexibility index (Phi) is 10.0. The quantitative estimate of drug-likeness (QED) is 0.356. The number of hydrogen-bond donors (Lipinski definition) is 0. The van der Waals surface area contributed by atoms with E-state index in [4.69, 9.17) is 4.74 Å². The van der Waals surface area contributed by atoms with E-state index in [0.29, 0.717) is 26.3 Å². The first kappa shape index (κ1) is 14.9. The third kappa shape index (κ3) is 13.1. The molecule has 0 atom stereocenters. The molecule has 0 unspecified atom stereocenters. The van der Waals surface area contributed by atoms with Gasteiger partial charge in [-0.15, -0.1) is 0 Å². The molecule has 12 heavy (non-hydrogen) atoms. The summed E-state index contributed by atoms with van der Waals surface area (Å²) in [5.41, 5.74) is 0.182. The molecule has 0 spiro atoms. The monoisotopic (exact) mass is 184 g/mol. The fourth-order valence-corrected chi connectivity index (χ4v) is 0.534. The van der Waals surface area contributed by atoms with Gasteiger partial charge in [-0.25, -0.2) is 0 Å². The Balaban J connectivity index is 0. The average molecular weight is 184 g/mol. The molecular weight excluding hydrogens is 167 g/mol. The zero-order valence-electron chi connectivity index (χ0n) is 7.42. The number of hydrogen-bond acceptors (Lipinski definition) is 3. The van der Waals surface area contributed by atoms with Gasteiger partial charge in [0.25, 0.3) is 6.47 Å². The second-order valence-electron chi connectivity index (χ2n) is 3.58. The van der Waals surface area contributed by atoms with Crippen molar-refractivity contribution < 1.29 is 14.3 Å². The normalized spacial score (nSPS) is 10.2. The van der Waals surface area contributed by atoms with Gasteiger partial charge in [-0.2, -0.15) is 0 Å². The van der Waals surface area contributed by atoms with Gasteiger partial charge in [0.05, 0.1) is 13.2 Å². The summed E-state index contributed by atoms with van der Waals surface area (Å²) in [5, 5.41) is 0. The van der Waals surface area contributed by atoms with Crippen molar-refractivity contribution in [2.24, 2.45) is 5.41 Å². The summed E-state index contributed by atoms with van der Waals surface area (Å²) in [6.45, 7) is 8.22. The van der Waals surface area contributed by atoms with E-state index in [9.17, 15) is 4.79 Å². The van der Waals surface area contributed by atoms with Gasteiger partial charge in [0, 0.05) is 0 Å². The average Bonchev–Trinajstić information content (AvgIpc) is 1.85. The molecule has 0 fully saturated rings. The molecule has 68 valence electrons. The molecule has 0 aliphatic carbocycles. The molecule has 0 aromatic heterocycles. The summed E-state index contributed by atoms with van der Waals surface area (Å²) in [6, 6.07) is 0.